The number of benzene rings is 1. The molecule has 0 fully saturated rings. The van der Waals surface area contributed by atoms with Gasteiger partial charge >= 0.3 is 0 Å². The standard InChI is InChI=1S/C9H11FN2O/c1-12-9(11)7-5-6(10)3-4-8(7)13-2/h3-5H,1-2H3,(H2,11,12). The van der Waals surface area contributed by atoms with Gasteiger partial charge in [-0.3, -0.25) is 4.99 Å². The van der Waals surface area contributed by atoms with Crippen molar-refractivity contribution in [2.45, 2.75) is 0 Å². The molecule has 0 amide bonds. The molecular weight excluding hydrogens is 171 g/mol. The van der Waals surface area contributed by atoms with E-state index < -0.39 is 0 Å². The van der Waals surface area contributed by atoms with Crippen LogP contribution >= 0.6 is 0 Å². The monoisotopic (exact) mass is 182 g/mol. The number of nitrogens with two attached hydrogens (primary N) is 1. The molecule has 0 saturated heterocycles. The fourth-order valence-corrected chi connectivity index (χ4v) is 1.00. The number of aliphatic imine (C=N–C) groups is 1. The van der Waals surface area contributed by atoms with Crippen LogP contribution in [0.25, 0.3) is 0 Å². The van der Waals surface area contributed by atoms with Crippen molar-refractivity contribution in [2.24, 2.45) is 10.7 Å². The average molecular weight is 182 g/mol. The summed E-state index contributed by atoms with van der Waals surface area (Å²) in [5, 5.41) is 0. The summed E-state index contributed by atoms with van der Waals surface area (Å²) in [6.45, 7) is 0. The molecule has 0 radical (unpaired) electrons. The van der Waals surface area contributed by atoms with Gasteiger partial charge in [-0.15, -0.1) is 0 Å². The van der Waals surface area contributed by atoms with Crippen molar-refractivity contribution in [3.05, 3.63) is 29.6 Å². The van der Waals surface area contributed by atoms with Gasteiger partial charge in [0.25, 0.3) is 0 Å². The second-order valence-electron chi connectivity index (χ2n) is 2.45. The van der Waals surface area contributed by atoms with Crippen LogP contribution in [-0.4, -0.2) is 20.0 Å². The first-order valence-corrected chi connectivity index (χ1v) is 3.75. The van der Waals surface area contributed by atoms with Gasteiger partial charge in [0.15, 0.2) is 0 Å². The van der Waals surface area contributed by atoms with Gasteiger partial charge in [0.05, 0.1) is 12.7 Å². The zero-order valence-corrected chi connectivity index (χ0v) is 7.54. The molecule has 0 unspecified atom stereocenters. The van der Waals surface area contributed by atoms with Gasteiger partial charge in [-0.25, -0.2) is 4.39 Å². The van der Waals surface area contributed by atoms with E-state index in [1.54, 1.807) is 7.05 Å². The van der Waals surface area contributed by atoms with Gasteiger partial charge in [0.2, 0.25) is 0 Å². The Morgan fingerprint density at radius 3 is 2.77 bits per heavy atom. The summed E-state index contributed by atoms with van der Waals surface area (Å²) >= 11 is 0. The van der Waals surface area contributed by atoms with Crippen molar-refractivity contribution in [1.29, 1.82) is 0 Å². The molecule has 1 aromatic rings. The summed E-state index contributed by atoms with van der Waals surface area (Å²) in [6.07, 6.45) is 0. The number of halogens is 1. The normalized spacial score (nSPS) is 11.5. The highest BCUT2D eigenvalue weighted by atomic mass is 19.1. The molecule has 4 heteroatoms. The summed E-state index contributed by atoms with van der Waals surface area (Å²) < 4.78 is 17.8. The molecule has 0 spiro atoms. The Morgan fingerprint density at radius 1 is 1.54 bits per heavy atom. The van der Waals surface area contributed by atoms with Crippen molar-refractivity contribution in [1.82, 2.24) is 0 Å². The van der Waals surface area contributed by atoms with Crippen LogP contribution in [0.15, 0.2) is 23.2 Å². The molecule has 0 aromatic heterocycles. The summed E-state index contributed by atoms with van der Waals surface area (Å²) in [5.74, 6) is 0.420. The topological polar surface area (TPSA) is 47.6 Å². The van der Waals surface area contributed by atoms with Gasteiger partial charge in [-0.05, 0) is 18.2 Å². The Hall–Kier alpha value is -1.58. The Morgan fingerprint density at radius 2 is 2.23 bits per heavy atom. The summed E-state index contributed by atoms with van der Waals surface area (Å²) in [5.41, 5.74) is 6.02. The van der Waals surface area contributed by atoms with E-state index in [1.807, 2.05) is 0 Å². The highest BCUT2D eigenvalue weighted by Crippen LogP contribution is 2.18. The van der Waals surface area contributed by atoms with Crippen LogP contribution in [0, 0.1) is 5.82 Å². The van der Waals surface area contributed by atoms with Gasteiger partial charge in [-0.1, -0.05) is 0 Å². The lowest BCUT2D eigenvalue weighted by molar-refractivity contribution is 0.412. The summed E-state index contributed by atoms with van der Waals surface area (Å²) in [7, 11) is 3.04. The van der Waals surface area contributed by atoms with E-state index in [-0.39, 0.29) is 11.7 Å². The Balaban J connectivity index is 3.23. The third-order valence-corrected chi connectivity index (χ3v) is 1.68. The van der Waals surface area contributed by atoms with Crippen LogP contribution < -0.4 is 10.5 Å². The molecule has 3 nitrogen and oxygen atoms in total. The number of rotatable bonds is 2. The van der Waals surface area contributed by atoms with Crippen molar-refractivity contribution in [3.63, 3.8) is 0 Å². The van der Waals surface area contributed by atoms with E-state index >= 15 is 0 Å². The Kier molecular flexibility index (Phi) is 2.84. The maximum Gasteiger partial charge on any atom is 0.129 e. The quantitative estimate of drug-likeness (QED) is 0.551. The molecule has 0 saturated carbocycles. The van der Waals surface area contributed by atoms with Crippen molar-refractivity contribution < 1.29 is 9.13 Å². The molecule has 1 aromatic carbocycles. The second-order valence-corrected chi connectivity index (χ2v) is 2.45. The maximum absolute atomic E-state index is 12.8. The van der Waals surface area contributed by atoms with E-state index in [0.29, 0.717) is 11.3 Å². The maximum atomic E-state index is 12.8. The van der Waals surface area contributed by atoms with Crippen LogP contribution in [0.5, 0.6) is 5.75 Å². The minimum atomic E-state index is -0.359. The number of nitrogens with zero attached hydrogens (tertiary/aromatic N) is 1. The van der Waals surface area contributed by atoms with Crippen LogP contribution in [0.2, 0.25) is 0 Å². The van der Waals surface area contributed by atoms with Crippen LogP contribution in [-0.2, 0) is 0 Å². The Labute approximate surface area is 76.0 Å². The van der Waals surface area contributed by atoms with E-state index in [9.17, 15) is 4.39 Å². The van der Waals surface area contributed by atoms with Crippen LogP contribution in [0.3, 0.4) is 0 Å². The first-order valence-electron chi connectivity index (χ1n) is 3.75. The molecule has 0 bridgehead atoms. The zero-order chi connectivity index (χ0) is 9.84. The fourth-order valence-electron chi connectivity index (χ4n) is 1.00. The number of hydrogen-bond donors (Lipinski definition) is 1. The zero-order valence-electron chi connectivity index (χ0n) is 7.54. The van der Waals surface area contributed by atoms with E-state index in [2.05, 4.69) is 4.99 Å². The minimum absolute atomic E-state index is 0.261. The predicted molar refractivity (Wildman–Crippen MR) is 49.6 cm³/mol. The lowest BCUT2D eigenvalue weighted by atomic mass is 10.2. The fraction of sp³-hybridized carbons (Fsp3) is 0.222. The molecule has 1 rings (SSSR count). The van der Waals surface area contributed by atoms with Crippen LogP contribution in [0.4, 0.5) is 4.39 Å². The van der Waals surface area contributed by atoms with E-state index in [1.165, 1.54) is 25.3 Å². The van der Waals surface area contributed by atoms with Crippen molar-refractivity contribution in [2.75, 3.05) is 14.2 Å². The SMILES string of the molecule is CN=C(N)c1cc(F)ccc1OC. The molecule has 2 N–H and O–H groups in total. The summed E-state index contributed by atoms with van der Waals surface area (Å²) in [4.78, 5) is 3.76. The van der Waals surface area contributed by atoms with E-state index in [0.717, 1.165) is 0 Å². The van der Waals surface area contributed by atoms with Crippen molar-refractivity contribution in [3.8, 4) is 5.75 Å². The molecule has 13 heavy (non-hydrogen) atoms. The van der Waals surface area contributed by atoms with E-state index in [4.69, 9.17) is 10.5 Å². The predicted octanol–water partition coefficient (Wildman–Crippen LogP) is 1.17. The van der Waals surface area contributed by atoms with Crippen LogP contribution in [0.1, 0.15) is 5.56 Å². The Bertz CT molecular complexity index is 336. The molecular formula is C9H11FN2O. The molecule has 0 aliphatic heterocycles. The number of amidine groups is 1. The third kappa shape index (κ3) is 1.96. The average Bonchev–Trinajstić information content (AvgIpc) is 2.16. The number of hydrogen-bond acceptors (Lipinski definition) is 2. The van der Waals surface area contributed by atoms with Gasteiger partial charge in [0.1, 0.15) is 17.4 Å². The first kappa shape index (κ1) is 9.51. The lowest BCUT2D eigenvalue weighted by Crippen LogP contribution is -2.14. The highest BCUT2D eigenvalue weighted by molar-refractivity contribution is 5.99. The lowest BCUT2D eigenvalue weighted by Gasteiger charge is -2.06. The molecule has 0 atom stereocenters. The second kappa shape index (κ2) is 3.89. The minimum Gasteiger partial charge on any atom is -0.496 e. The summed E-state index contributed by atoms with van der Waals surface area (Å²) in [6, 6.07) is 4.12. The largest absolute Gasteiger partial charge is 0.496 e. The highest BCUT2D eigenvalue weighted by Gasteiger charge is 2.07. The van der Waals surface area contributed by atoms with Gasteiger partial charge < -0.3 is 10.5 Å². The van der Waals surface area contributed by atoms with Gasteiger partial charge in [0, 0.05) is 7.05 Å². The number of ether oxygens (including phenoxy) is 1. The molecule has 0 aliphatic carbocycles. The number of methoxy groups -OCH3 is 1. The third-order valence-electron chi connectivity index (χ3n) is 1.68. The molecule has 70 valence electrons. The van der Waals surface area contributed by atoms with Crippen molar-refractivity contribution >= 4 is 5.84 Å². The first-order chi connectivity index (χ1) is 6.19. The molecule has 0 aliphatic rings. The van der Waals surface area contributed by atoms with Gasteiger partial charge in [-0.2, -0.15) is 0 Å². The smallest absolute Gasteiger partial charge is 0.129 e. The molecule has 0 heterocycles.